The molecule has 94 heavy (non-hydrogen) atoms. The maximum Gasteiger partial charge on any atom is 0.498 e. The molecular weight excluding hydrogens is 1250 g/mol. The summed E-state index contributed by atoms with van der Waals surface area (Å²) in [5, 5.41) is 19.6. The first kappa shape index (κ1) is 70.9. The van der Waals surface area contributed by atoms with Crippen molar-refractivity contribution in [1.82, 2.24) is 88.3 Å². The number of ether oxygens (including phenoxy) is 5. The maximum atomic E-state index is 11.7. The Labute approximate surface area is 553 Å². The van der Waals surface area contributed by atoms with Crippen molar-refractivity contribution >= 4 is 97.8 Å². The SMILES string of the molecule is CC(C)(C)C(=O)OCn1ccc2c(Cl)ncnc21.CC(C)C(=O)OCn1ccc2c(-c3cn[nH]c3)ncnc21.CCOC(C)n1cc(-c2ncnc3c2ccn3COC(=O)C(C)C)cn1.CCOC(C)n1cc(B2OC(C)(C)C(C)(C)O2)cn1.Clc1ncnc2[nH]ccc12. The van der Waals surface area contributed by atoms with Crippen LogP contribution in [-0.4, -0.2) is 138 Å². The second-order valence-electron chi connectivity index (χ2n) is 24.0. The lowest BCUT2D eigenvalue weighted by Gasteiger charge is -2.32. The van der Waals surface area contributed by atoms with Gasteiger partial charge in [0.15, 0.2) is 20.2 Å². The molecule has 0 aromatic carbocycles. The largest absolute Gasteiger partial charge is 0.498 e. The molecule has 1 saturated heterocycles. The lowest BCUT2D eigenvalue weighted by atomic mass is 9.82. The minimum Gasteiger partial charge on any atom is -0.444 e. The van der Waals surface area contributed by atoms with Gasteiger partial charge in [-0.1, -0.05) is 50.9 Å². The van der Waals surface area contributed by atoms with Crippen LogP contribution in [0.4, 0.5) is 0 Å². The van der Waals surface area contributed by atoms with Crippen molar-refractivity contribution in [3.63, 3.8) is 0 Å². The second-order valence-corrected chi connectivity index (χ2v) is 24.8. The van der Waals surface area contributed by atoms with Gasteiger partial charge in [-0.25, -0.2) is 49.2 Å². The Morgan fingerprint density at radius 2 is 1.05 bits per heavy atom. The highest BCUT2D eigenvalue weighted by Gasteiger charge is 2.52. The van der Waals surface area contributed by atoms with Crippen molar-refractivity contribution in [3.05, 3.63) is 122 Å². The van der Waals surface area contributed by atoms with E-state index in [9.17, 15) is 14.4 Å². The van der Waals surface area contributed by atoms with E-state index in [4.69, 9.17) is 56.2 Å². The van der Waals surface area contributed by atoms with Gasteiger partial charge in [0.05, 0.1) is 63.0 Å². The van der Waals surface area contributed by atoms with Crippen molar-refractivity contribution in [2.75, 3.05) is 13.2 Å². The van der Waals surface area contributed by atoms with Crippen molar-refractivity contribution in [2.24, 2.45) is 17.3 Å². The van der Waals surface area contributed by atoms with E-state index >= 15 is 0 Å². The van der Waals surface area contributed by atoms with Crippen LogP contribution in [0.3, 0.4) is 0 Å². The Bertz CT molecular complexity index is 4270. The minimum absolute atomic E-state index is 0.0822. The van der Waals surface area contributed by atoms with Crippen LogP contribution >= 0.6 is 23.2 Å². The summed E-state index contributed by atoms with van der Waals surface area (Å²) in [5.74, 6) is -1.05. The quantitative estimate of drug-likeness (QED) is 0.0370. The van der Waals surface area contributed by atoms with Crippen molar-refractivity contribution in [1.29, 1.82) is 0 Å². The van der Waals surface area contributed by atoms with Crippen LogP contribution in [0.25, 0.3) is 66.6 Å². The van der Waals surface area contributed by atoms with Gasteiger partial charge >= 0.3 is 25.0 Å². The fraction of sp³-hybridized carbons (Fsp3) is 0.429. The summed E-state index contributed by atoms with van der Waals surface area (Å²) in [4.78, 5) is 70.9. The lowest BCUT2D eigenvalue weighted by Crippen LogP contribution is -2.41. The third kappa shape index (κ3) is 17.4. The van der Waals surface area contributed by atoms with Crippen LogP contribution in [0.5, 0.6) is 0 Å². The number of nitrogens with zero attached hydrogens (tertiary/aromatic N) is 16. The van der Waals surface area contributed by atoms with Crippen molar-refractivity contribution in [3.8, 4) is 22.5 Å². The fourth-order valence-corrected chi connectivity index (χ4v) is 9.25. The molecule has 1 aliphatic heterocycles. The average molecular weight is 1330 g/mol. The highest BCUT2D eigenvalue weighted by Crippen LogP contribution is 2.37. The van der Waals surface area contributed by atoms with E-state index in [-0.39, 0.29) is 80.7 Å². The van der Waals surface area contributed by atoms with Gasteiger partial charge in [0.2, 0.25) is 0 Å². The van der Waals surface area contributed by atoms with E-state index in [0.29, 0.717) is 34.8 Å². The number of hydrogen-bond donors (Lipinski definition) is 2. The van der Waals surface area contributed by atoms with Crippen LogP contribution in [0.2, 0.25) is 10.3 Å². The summed E-state index contributed by atoms with van der Waals surface area (Å²) < 4.78 is 47.6. The number of carbonyl (C=O) groups is 3. The van der Waals surface area contributed by atoms with Crippen LogP contribution in [0.15, 0.2) is 112 Å². The van der Waals surface area contributed by atoms with Gasteiger partial charge in [-0.2, -0.15) is 15.3 Å². The molecule has 2 unspecified atom stereocenters. The number of halogens is 2. The summed E-state index contributed by atoms with van der Waals surface area (Å²) >= 11 is 11.7. The highest BCUT2D eigenvalue weighted by molar-refractivity contribution is 6.62. The molecule has 0 bridgehead atoms. The molecule has 11 aromatic heterocycles. The summed E-state index contributed by atoms with van der Waals surface area (Å²) in [6.07, 6.45) is 23.6. The van der Waals surface area contributed by atoms with Gasteiger partial charge in [0.1, 0.15) is 70.7 Å². The number of nitrogens with one attached hydrogen (secondary N) is 2. The predicted molar refractivity (Wildman–Crippen MR) is 353 cm³/mol. The van der Waals surface area contributed by atoms with Gasteiger partial charge in [-0.3, -0.25) is 33.2 Å². The molecule has 0 spiro atoms. The normalized spacial score (nSPS) is 14.0. The molecule has 0 aliphatic carbocycles. The molecule has 0 saturated carbocycles. The fourth-order valence-electron chi connectivity index (χ4n) is 8.87. The zero-order valence-corrected chi connectivity index (χ0v) is 56.8. The van der Waals surface area contributed by atoms with Crippen LogP contribution in [0.1, 0.15) is 116 Å². The Morgan fingerprint density at radius 3 is 1.55 bits per heavy atom. The summed E-state index contributed by atoms with van der Waals surface area (Å²) in [6, 6.07) is 7.46. The number of carbonyl (C=O) groups excluding carboxylic acids is 3. The molecule has 498 valence electrons. The van der Waals surface area contributed by atoms with Crippen LogP contribution in [0, 0.1) is 17.3 Å². The van der Waals surface area contributed by atoms with E-state index < -0.39 is 5.41 Å². The smallest absolute Gasteiger partial charge is 0.444 e. The van der Waals surface area contributed by atoms with Gasteiger partial charge in [0, 0.05) is 90.2 Å². The van der Waals surface area contributed by atoms with E-state index in [0.717, 1.165) is 60.8 Å². The van der Waals surface area contributed by atoms with Gasteiger partial charge in [-0.15, -0.1) is 0 Å². The van der Waals surface area contributed by atoms with Gasteiger partial charge < -0.3 is 38.0 Å². The third-order valence-corrected chi connectivity index (χ3v) is 15.5. The molecule has 0 amide bonds. The average Bonchev–Trinajstić information content (AvgIpc) is 1.64. The predicted octanol–water partition coefficient (Wildman–Crippen LogP) is 11.0. The Kier molecular flexibility index (Phi) is 23.6. The molecule has 12 heterocycles. The number of hydrogen-bond acceptors (Lipinski definition) is 21. The summed E-state index contributed by atoms with van der Waals surface area (Å²) in [6.45, 7) is 30.3. The number of aromatic amines is 2. The molecular formula is C63H79BCl2N18O10. The Balaban J connectivity index is 0.000000154. The molecule has 2 atom stereocenters. The molecule has 11 aromatic rings. The third-order valence-electron chi connectivity index (χ3n) is 14.9. The summed E-state index contributed by atoms with van der Waals surface area (Å²) in [7, 11) is -0.368. The van der Waals surface area contributed by atoms with Gasteiger partial charge in [-0.05, 0) is 100 Å². The molecule has 28 nitrogen and oxygen atoms in total. The van der Waals surface area contributed by atoms with E-state index in [2.05, 4.69) is 65.3 Å². The minimum atomic E-state index is -0.518. The Hall–Kier alpha value is -9.00. The molecule has 0 radical (unpaired) electrons. The number of rotatable bonds is 17. The van der Waals surface area contributed by atoms with Gasteiger partial charge in [0.25, 0.3) is 0 Å². The zero-order valence-electron chi connectivity index (χ0n) is 55.3. The van der Waals surface area contributed by atoms with E-state index in [1.165, 1.54) is 25.3 Å². The number of aromatic nitrogens is 18. The zero-order chi connectivity index (χ0) is 68.1. The maximum absolute atomic E-state index is 11.7. The Morgan fingerprint density at radius 1 is 0.585 bits per heavy atom. The molecule has 31 heteroatoms. The molecule has 12 rings (SSSR count). The monoisotopic (exact) mass is 1330 g/mol. The molecule has 1 fully saturated rings. The molecule has 1 aliphatic rings. The van der Waals surface area contributed by atoms with Crippen LogP contribution in [-0.2, 0) is 67.6 Å². The molecule has 2 N–H and O–H groups in total. The first-order chi connectivity index (χ1) is 44.7. The standard InChI is InChI=1S/C18H23N5O3.C14H15N5O2.C13H23BN2O3.C12H14ClN3O2.C6H4ClN3/c1-5-25-13(4)23-9-14(8-21-23)16-15-6-7-22(17(15)20-10-19-16)11-26-18(24)12(2)3;1-9(2)14(20)21-8-19-4-3-11-12(10-5-17-18-6-10)15-7-16-13(11)19;1-7-17-10(2)16-9-11(8-15-16)14-18-12(3,4)13(5,6)19-14;1-12(2,3)11(17)18-7-16-5-4-8-9(13)14-6-15-10(8)16;7-5-4-1-2-8-6(4)10-3-9-5/h6-10,12-13H,5,11H2,1-4H3;3-7,9H,8H2,1-2H3,(H,17,18);8-10H,7H2,1-6H3;4-6H,7H2,1-3H3;1-3H,(H,8,9,10). The van der Waals surface area contributed by atoms with E-state index in [1.807, 2.05) is 119 Å². The number of H-pyrrole nitrogens is 2. The van der Waals surface area contributed by atoms with Crippen LogP contribution < -0.4 is 5.46 Å². The first-order valence-corrected chi connectivity index (χ1v) is 31.1. The highest BCUT2D eigenvalue weighted by atomic mass is 35.5. The topological polar surface area (TPSA) is 314 Å². The summed E-state index contributed by atoms with van der Waals surface area (Å²) in [5.41, 5.74) is 5.94. The number of fused-ring (bicyclic) bond motifs is 4. The number of esters is 3. The van der Waals surface area contributed by atoms with E-state index in [1.54, 1.807) is 94.0 Å². The lowest BCUT2D eigenvalue weighted by molar-refractivity contribution is -0.157. The van der Waals surface area contributed by atoms with Crippen molar-refractivity contribution in [2.45, 2.75) is 148 Å². The van der Waals surface area contributed by atoms with Crippen molar-refractivity contribution < 1.29 is 47.4 Å². The first-order valence-electron chi connectivity index (χ1n) is 30.4. The second kappa shape index (κ2) is 31.3.